The SMILES string of the molecule is CCCOc1ccc(CN=C(NCC)NCC(C)(O)c2ccccc2)cc1OC. The summed E-state index contributed by atoms with van der Waals surface area (Å²) >= 11 is 0. The summed E-state index contributed by atoms with van der Waals surface area (Å²) in [5, 5.41) is 17.2. The number of nitrogens with one attached hydrogen (secondary N) is 2. The van der Waals surface area contributed by atoms with E-state index in [9.17, 15) is 5.11 Å². The lowest BCUT2D eigenvalue weighted by atomic mass is 9.96. The largest absolute Gasteiger partial charge is 0.493 e. The number of methoxy groups -OCH3 is 1. The van der Waals surface area contributed by atoms with Gasteiger partial charge in [-0.15, -0.1) is 0 Å². The van der Waals surface area contributed by atoms with Crippen LogP contribution >= 0.6 is 0 Å². The predicted molar refractivity (Wildman–Crippen MR) is 118 cm³/mol. The molecule has 0 aliphatic carbocycles. The number of aliphatic imine (C=N–C) groups is 1. The van der Waals surface area contributed by atoms with Crippen LogP contribution in [0.15, 0.2) is 53.5 Å². The molecule has 158 valence electrons. The quantitative estimate of drug-likeness (QED) is 0.421. The number of rotatable bonds is 10. The molecule has 3 N–H and O–H groups in total. The van der Waals surface area contributed by atoms with Crippen molar-refractivity contribution >= 4 is 5.96 Å². The predicted octanol–water partition coefficient (Wildman–Crippen LogP) is 3.45. The van der Waals surface area contributed by atoms with Crippen LogP contribution in [0.2, 0.25) is 0 Å². The van der Waals surface area contributed by atoms with E-state index >= 15 is 0 Å². The second kappa shape index (κ2) is 11.3. The fraction of sp³-hybridized carbons (Fsp3) is 0.435. The van der Waals surface area contributed by atoms with Crippen LogP contribution in [0.1, 0.15) is 38.3 Å². The van der Waals surface area contributed by atoms with E-state index in [-0.39, 0.29) is 0 Å². The Morgan fingerprint density at radius 2 is 1.83 bits per heavy atom. The van der Waals surface area contributed by atoms with E-state index in [1.807, 2.05) is 55.5 Å². The third kappa shape index (κ3) is 6.98. The number of hydrogen-bond acceptors (Lipinski definition) is 4. The molecule has 0 heterocycles. The normalized spacial score (nSPS) is 13.5. The summed E-state index contributed by atoms with van der Waals surface area (Å²) in [6.07, 6.45) is 0.944. The molecule has 0 saturated heterocycles. The highest BCUT2D eigenvalue weighted by molar-refractivity contribution is 5.79. The van der Waals surface area contributed by atoms with Gasteiger partial charge in [-0.3, -0.25) is 0 Å². The zero-order chi connectivity index (χ0) is 21.1. The van der Waals surface area contributed by atoms with E-state index in [0.717, 1.165) is 29.8 Å². The average molecular weight is 400 g/mol. The van der Waals surface area contributed by atoms with Crippen LogP contribution < -0.4 is 20.1 Å². The van der Waals surface area contributed by atoms with E-state index in [2.05, 4.69) is 22.5 Å². The van der Waals surface area contributed by atoms with Crippen LogP contribution in [0.3, 0.4) is 0 Å². The van der Waals surface area contributed by atoms with Crippen molar-refractivity contribution in [2.24, 2.45) is 4.99 Å². The van der Waals surface area contributed by atoms with Crippen LogP contribution in [0.4, 0.5) is 0 Å². The smallest absolute Gasteiger partial charge is 0.191 e. The van der Waals surface area contributed by atoms with Crippen molar-refractivity contribution < 1.29 is 14.6 Å². The van der Waals surface area contributed by atoms with Gasteiger partial charge in [0.05, 0.1) is 26.8 Å². The van der Waals surface area contributed by atoms with Crippen molar-refractivity contribution in [3.8, 4) is 11.5 Å². The second-order valence-electron chi connectivity index (χ2n) is 7.02. The highest BCUT2D eigenvalue weighted by Crippen LogP contribution is 2.28. The Labute approximate surface area is 174 Å². The minimum Gasteiger partial charge on any atom is -0.493 e. The minimum absolute atomic E-state index is 0.343. The molecule has 0 saturated carbocycles. The summed E-state index contributed by atoms with van der Waals surface area (Å²) in [5.74, 6) is 2.09. The van der Waals surface area contributed by atoms with E-state index < -0.39 is 5.60 Å². The lowest BCUT2D eigenvalue weighted by Gasteiger charge is -2.25. The van der Waals surface area contributed by atoms with Crippen LogP contribution in [0.5, 0.6) is 11.5 Å². The van der Waals surface area contributed by atoms with Crippen LogP contribution in [0, 0.1) is 0 Å². The van der Waals surface area contributed by atoms with Gasteiger partial charge in [-0.1, -0.05) is 43.3 Å². The van der Waals surface area contributed by atoms with Crippen LogP contribution in [0.25, 0.3) is 0 Å². The van der Waals surface area contributed by atoms with Crippen LogP contribution in [-0.2, 0) is 12.1 Å². The first-order valence-corrected chi connectivity index (χ1v) is 10.1. The third-order valence-electron chi connectivity index (χ3n) is 4.45. The second-order valence-corrected chi connectivity index (χ2v) is 7.02. The molecular formula is C23H33N3O3. The molecule has 0 bridgehead atoms. The molecule has 2 aromatic carbocycles. The molecule has 2 rings (SSSR count). The Morgan fingerprint density at radius 3 is 2.48 bits per heavy atom. The summed E-state index contributed by atoms with van der Waals surface area (Å²) in [4.78, 5) is 4.63. The number of benzene rings is 2. The van der Waals surface area contributed by atoms with Gasteiger partial charge in [-0.05, 0) is 43.5 Å². The topological polar surface area (TPSA) is 75.1 Å². The maximum Gasteiger partial charge on any atom is 0.191 e. The molecule has 6 nitrogen and oxygen atoms in total. The van der Waals surface area contributed by atoms with E-state index in [4.69, 9.17) is 9.47 Å². The Bertz CT molecular complexity index is 776. The van der Waals surface area contributed by atoms with E-state index in [0.29, 0.717) is 31.4 Å². The van der Waals surface area contributed by atoms with Crippen molar-refractivity contribution in [3.63, 3.8) is 0 Å². The molecule has 0 aliphatic heterocycles. The number of aliphatic hydroxyl groups is 1. The highest BCUT2D eigenvalue weighted by atomic mass is 16.5. The molecule has 0 aliphatic rings. The molecule has 2 aromatic rings. The van der Waals surface area contributed by atoms with Crippen molar-refractivity contribution in [2.45, 2.75) is 39.3 Å². The van der Waals surface area contributed by atoms with Crippen molar-refractivity contribution in [1.82, 2.24) is 10.6 Å². The maximum absolute atomic E-state index is 10.8. The van der Waals surface area contributed by atoms with Gasteiger partial charge < -0.3 is 25.2 Å². The van der Waals surface area contributed by atoms with Crippen molar-refractivity contribution in [1.29, 1.82) is 0 Å². The monoisotopic (exact) mass is 399 g/mol. The zero-order valence-corrected chi connectivity index (χ0v) is 17.9. The molecular weight excluding hydrogens is 366 g/mol. The van der Waals surface area contributed by atoms with Gasteiger partial charge in [0.1, 0.15) is 5.60 Å². The summed E-state index contributed by atoms with van der Waals surface area (Å²) in [6, 6.07) is 15.5. The molecule has 1 atom stereocenters. The first kappa shape index (κ1) is 22.6. The average Bonchev–Trinajstić information content (AvgIpc) is 2.75. The third-order valence-corrected chi connectivity index (χ3v) is 4.45. The Morgan fingerprint density at radius 1 is 1.07 bits per heavy atom. The molecule has 0 amide bonds. The molecule has 0 radical (unpaired) electrons. The number of guanidine groups is 1. The summed E-state index contributed by atoms with van der Waals surface area (Å²) in [7, 11) is 1.64. The number of hydrogen-bond donors (Lipinski definition) is 3. The van der Waals surface area contributed by atoms with E-state index in [1.54, 1.807) is 14.0 Å². The Kier molecular flexibility index (Phi) is 8.80. The standard InChI is InChI=1S/C23H33N3O3/c1-5-14-29-20-13-12-18(15-21(20)28-4)16-25-22(24-6-2)26-17-23(3,27)19-10-8-7-9-11-19/h7-13,15,27H,5-6,14,16-17H2,1-4H3,(H2,24,25,26). The van der Waals surface area contributed by atoms with Gasteiger partial charge in [0.2, 0.25) is 0 Å². The summed E-state index contributed by atoms with van der Waals surface area (Å²) in [6.45, 7) is 8.08. The highest BCUT2D eigenvalue weighted by Gasteiger charge is 2.22. The van der Waals surface area contributed by atoms with Gasteiger partial charge in [0.25, 0.3) is 0 Å². The fourth-order valence-corrected chi connectivity index (χ4v) is 2.81. The van der Waals surface area contributed by atoms with Crippen molar-refractivity contribution in [3.05, 3.63) is 59.7 Å². The molecule has 0 fully saturated rings. The van der Waals surface area contributed by atoms with Gasteiger partial charge in [0, 0.05) is 6.54 Å². The number of nitrogens with zero attached hydrogens (tertiary/aromatic N) is 1. The zero-order valence-electron chi connectivity index (χ0n) is 17.9. The molecule has 29 heavy (non-hydrogen) atoms. The van der Waals surface area contributed by atoms with Gasteiger partial charge >= 0.3 is 0 Å². The molecule has 1 unspecified atom stereocenters. The van der Waals surface area contributed by atoms with E-state index in [1.165, 1.54) is 0 Å². The Hall–Kier alpha value is -2.73. The molecule has 0 spiro atoms. The lowest BCUT2D eigenvalue weighted by molar-refractivity contribution is 0.0617. The fourth-order valence-electron chi connectivity index (χ4n) is 2.81. The molecule has 6 heteroatoms. The minimum atomic E-state index is -1.00. The molecule has 0 aromatic heterocycles. The van der Waals surface area contributed by atoms with Crippen LogP contribution in [-0.4, -0.2) is 37.9 Å². The Balaban J connectivity index is 2.05. The van der Waals surface area contributed by atoms with Gasteiger partial charge in [0.15, 0.2) is 17.5 Å². The van der Waals surface area contributed by atoms with Gasteiger partial charge in [-0.25, -0.2) is 4.99 Å². The van der Waals surface area contributed by atoms with Crippen molar-refractivity contribution in [2.75, 3.05) is 26.8 Å². The van der Waals surface area contributed by atoms with Gasteiger partial charge in [-0.2, -0.15) is 0 Å². The summed E-state index contributed by atoms with van der Waals surface area (Å²) < 4.78 is 11.1. The summed E-state index contributed by atoms with van der Waals surface area (Å²) in [5.41, 5.74) is 0.868. The number of ether oxygens (including phenoxy) is 2. The first-order chi connectivity index (χ1) is 14.0. The maximum atomic E-state index is 10.8. The lowest BCUT2D eigenvalue weighted by Crippen LogP contribution is -2.44. The first-order valence-electron chi connectivity index (χ1n) is 10.1.